The Labute approximate surface area is 182 Å². The average molecular weight is 428 g/mol. The number of amides is 1. The fourth-order valence-electron chi connectivity index (χ4n) is 3.46. The van der Waals surface area contributed by atoms with Crippen LogP contribution in [0.15, 0.2) is 36.4 Å². The molecule has 1 saturated heterocycles. The van der Waals surface area contributed by atoms with Crippen LogP contribution in [0.1, 0.15) is 26.4 Å². The first-order valence-corrected chi connectivity index (χ1v) is 10.9. The van der Waals surface area contributed by atoms with Gasteiger partial charge in [0.05, 0.1) is 19.2 Å². The third kappa shape index (κ3) is 5.78. The second-order valence-electron chi connectivity index (χ2n) is 7.42. The standard InChI is InChI=1S/C23H29N3O3S/c1-17-18(2)30-22(21(17)23(28)29-3)24-20(27)16-26-14-12-25(13-15-26)11-7-10-19-8-5-4-6-9-19/h4-10H,11-16H2,1-3H3,(H,24,27)/b10-7+. The fourth-order valence-corrected chi connectivity index (χ4v) is 4.53. The second-order valence-corrected chi connectivity index (χ2v) is 8.64. The van der Waals surface area contributed by atoms with E-state index < -0.39 is 5.97 Å². The van der Waals surface area contributed by atoms with Gasteiger partial charge in [0.2, 0.25) is 5.91 Å². The van der Waals surface area contributed by atoms with Crippen molar-refractivity contribution in [2.24, 2.45) is 0 Å². The van der Waals surface area contributed by atoms with E-state index in [1.54, 1.807) is 0 Å². The average Bonchev–Trinajstić information content (AvgIpc) is 3.02. The maximum absolute atomic E-state index is 12.6. The summed E-state index contributed by atoms with van der Waals surface area (Å²) in [6, 6.07) is 10.3. The molecule has 6 nitrogen and oxygen atoms in total. The Morgan fingerprint density at radius 1 is 1.10 bits per heavy atom. The van der Waals surface area contributed by atoms with Crippen LogP contribution in [-0.2, 0) is 9.53 Å². The summed E-state index contributed by atoms with van der Waals surface area (Å²) in [7, 11) is 1.36. The molecule has 1 amide bonds. The summed E-state index contributed by atoms with van der Waals surface area (Å²) in [4.78, 5) is 30.2. The monoisotopic (exact) mass is 427 g/mol. The van der Waals surface area contributed by atoms with Crippen LogP contribution in [0.3, 0.4) is 0 Å². The molecule has 0 aliphatic carbocycles. The van der Waals surface area contributed by atoms with E-state index in [0.29, 0.717) is 17.1 Å². The Morgan fingerprint density at radius 2 is 1.77 bits per heavy atom. The van der Waals surface area contributed by atoms with Gasteiger partial charge in [0.1, 0.15) is 5.00 Å². The van der Waals surface area contributed by atoms with E-state index >= 15 is 0 Å². The Kier molecular flexibility index (Phi) is 7.79. The van der Waals surface area contributed by atoms with Gasteiger partial charge >= 0.3 is 5.97 Å². The van der Waals surface area contributed by atoms with Crippen molar-refractivity contribution in [3.05, 3.63) is 58.0 Å². The Hall–Kier alpha value is -2.48. The summed E-state index contributed by atoms with van der Waals surface area (Å²) < 4.78 is 4.87. The van der Waals surface area contributed by atoms with Crippen LogP contribution in [0.4, 0.5) is 5.00 Å². The smallest absolute Gasteiger partial charge is 0.341 e. The van der Waals surface area contributed by atoms with Gasteiger partial charge < -0.3 is 10.1 Å². The molecule has 1 aliphatic rings. The van der Waals surface area contributed by atoms with E-state index in [4.69, 9.17) is 4.74 Å². The number of carbonyl (C=O) groups excluding carboxylic acids is 2. The number of esters is 1. The maximum Gasteiger partial charge on any atom is 0.341 e. The number of aryl methyl sites for hydroxylation is 1. The zero-order valence-electron chi connectivity index (χ0n) is 17.8. The number of ether oxygens (including phenoxy) is 1. The minimum atomic E-state index is -0.413. The molecule has 0 spiro atoms. The number of piperazine rings is 1. The van der Waals surface area contributed by atoms with E-state index in [1.165, 1.54) is 24.0 Å². The number of hydrogen-bond donors (Lipinski definition) is 1. The molecule has 7 heteroatoms. The Bertz CT molecular complexity index is 900. The zero-order chi connectivity index (χ0) is 21.5. The first-order valence-electron chi connectivity index (χ1n) is 10.1. The lowest BCUT2D eigenvalue weighted by atomic mass is 10.1. The highest BCUT2D eigenvalue weighted by atomic mass is 32.1. The highest BCUT2D eigenvalue weighted by Crippen LogP contribution is 2.32. The molecule has 0 atom stereocenters. The van der Waals surface area contributed by atoms with Gasteiger partial charge in [-0.05, 0) is 25.0 Å². The lowest BCUT2D eigenvalue weighted by molar-refractivity contribution is -0.117. The Morgan fingerprint density at radius 3 is 2.43 bits per heavy atom. The molecule has 1 aromatic carbocycles. The molecule has 2 heterocycles. The molecule has 3 rings (SSSR count). The third-order valence-electron chi connectivity index (χ3n) is 5.33. The molecule has 160 valence electrons. The summed E-state index contributed by atoms with van der Waals surface area (Å²) in [5.41, 5.74) is 2.53. The molecule has 30 heavy (non-hydrogen) atoms. The fraction of sp³-hybridized carbons (Fsp3) is 0.391. The Balaban J connectivity index is 1.46. The molecule has 1 fully saturated rings. The summed E-state index contributed by atoms with van der Waals surface area (Å²) in [6.45, 7) is 8.59. The van der Waals surface area contributed by atoms with Crippen LogP contribution < -0.4 is 5.32 Å². The number of carbonyl (C=O) groups is 2. The predicted molar refractivity (Wildman–Crippen MR) is 122 cm³/mol. The number of rotatable bonds is 7. The van der Waals surface area contributed by atoms with Gasteiger partial charge in [0.15, 0.2) is 0 Å². The zero-order valence-corrected chi connectivity index (χ0v) is 18.6. The molecular formula is C23H29N3O3S. The van der Waals surface area contributed by atoms with Crippen LogP contribution in [0.2, 0.25) is 0 Å². The molecule has 0 unspecified atom stereocenters. The van der Waals surface area contributed by atoms with E-state index in [1.807, 2.05) is 32.0 Å². The highest BCUT2D eigenvalue weighted by molar-refractivity contribution is 7.16. The molecule has 0 saturated carbocycles. The van der Waals surface area contributed by atoms with E-state index in [0.717, 1.165) is 43.2 Å². The molecule has 0 bridgehead atoms. The van der Waals surface area contributed by atoms with E-state index in [2.05, 4.69) is 39.4 Å². The second kappa shape index (κ2) is 10.5. The van der Waals surface area contributed by atoms with Crippen LogP contribution in [-0.4, -0.2) is 68.1 Å². The van der Waals surface area contributed by atoms with Gasteiger partial charge in [-0.25, -0.2) is 4.79 Å². The first kappa shape index (κ1) is 22.2. The molecule has 1 aromatic heterocycles. The molecule has 0 radical (unpaired) electrons. The van der Waals surface area contributed by atoms with E-state index in [-0.39, 0.29) is 5.91 Å². The van der Waals surface area contributed by atoms with Crippen LogP contribution in [0.5, 0.6) is 0 Å². The number of nitrogens with one attached hydrogen (secondary N) is 1. The number of thiophene rings is 1. The van der Waals surface area contributed by atoms with E-state index in [9.17, 15) is 9.59 Å². The molecule has 1 N–H and O–H groups in total. The van der Waals surface area contributed by atoms with Crippen molar-refractivity contribution in [2.75, 3.05) is 51.7 Å². The van der Waals surface area contributed by atoms with Gasteiger partial charge in [-0.2, -0.15) is 0 Å². The lowest BCUT2D eigenvalue weighted by Crippen LogP contribution is -2.48. The third-order valence-corrected chi connectivity index (χ3v) is 6.46. The van der Waals surface area contributed by atoms with Crippen molar-refractivity contribution in [3.63, 3.8) is 0 Å². The van der Waals surface area contributed by atoms with Crippen molar-refractivity contribution in [1.29, 1.82) is 0 Å². The summed E-state index contributed by atoms with van der Waals surface area (Å²) in [6.07, 6.45) is 4.33. The van der Waals surface area contributed by atoms with Gasteiger partial charge in [0.25, 0.3) is 0 Å². The minimum Gasteiger partial charge on any atom is -0.465 e. The van der Waals surface area contributed by atoms with Gasteiger partial charge in [0, 0.05) is 37.6 Å². The van der Waals surface area contributed by atoms with Crippen LogP contribution in [0, 0.1) is 13.8 Å². The van der Waals surface area contributed by atoms with Crippen molar-refractivity contribution in [2.45, 2.75) is 13.8 Å². The van der Waals surface area contributed by atoms with Crippen molar-refractivity contribution >= 4 is 34.3 Å². The highest BCUT2D eigenvalue weighted by Gasteiger charge is 2.23. The predicted octanol–water partition coefficient (Wildman–Crippen LogP) is 3.42. The maximum atomic E-state index is 12.6. The number of methoxy groups -OCH3 is 1. The number of anilines is 1. The van der Waals surface area contributed by atoms with Crippen LogP contribution in [0.25, 0.3) is 6.08 Å². The summed E-state index contributed by atoms with van der Waals surface area (Å²) in [5, 5.41) is 3.49. The number of hydrogen-bond acceptors (Lipinski definition) is 6. The quantitative estimate of drug-likeness (QED) is 0.686. The normalized spacial score (nSPS) is 15.4. The lowest BCUT2D eigenvalue weighted by Gasteiger charge is -2.33. The molecular weight excluding hydrogens is 398 g/mol. The van der Waals surface area contributed by atoms with Crippen molar-refractivity contribution in [1.82, 2.24) is 9.80 Å². The number of benzene rings is 1. The summed E-state index contributed by atoms with van der Waals surface area (Å²) in [5.74, 6) is -0.511. The largest absolute Gasteiger partial charge is 0.465 e. The molecule has 1 aliphatic heterocycles. The molecule has 2 aromatic rings. The SMILES string of the molecule is COC(=O)c1c(NC(=O)CN2CCN(C/C=C/c3ccccc3)CC2)sc(C)c1C. The first-order chi connectivity index (χ1) is 14.5. The van der Waals surface area contributed by atoms with Crippen molar-refractivity contribution < 1.29 is 14.3 Å². The van der Waals surface area contributed by atoms with Crippen LogP contribution >= 0.6 is 11.3 Å². The topological polar surface area (TPSA) is 61.9 Å². The minimum absolute atomic E-state index is 0.0983. The number of nitrogens with zero attached hydrogens (tertiary/aromatic N) is 2. The van der Waals surface area contributed by atoms with Crippen molar-refractivity contribution in [3.8, 4) is 0 Å². The van der Waals surface area contributed by atoms with Gasteiger partial charge in [-0.3, -0.25) is 14.6 Å². The van der Waals surface area contributed by atoms with Gasteiger partial charge in [-0.1, -0.05) is 42.5 Å². The van der Waals surface area contributed by atoms with Gasteiger partial charge in [-0.15, -0.1) is 11.3 Å². The summed E-state index contributed by atoms with van der Waals surface area (Å²) >= 11 is 1.42.